The molecule has 0 spiro atoms. The Balaban J connectivity index is 1.13. The first-order valence-corrected chi connectivity index (χ1v) is 20.7. The summed E-state index contributed by atoms with van der Waals surface area (Å²) in [4.78, 5) is 26.8. The molecular formula is C51H31N5S2. The molecule has 0 radical (unpaired) electrons. The fourth-order valence-corrected chi connectivity index (χ4v) is 10.3. The molecular weight excluding hydrogens is 747 g/mol. The predicted octanol–water partition coefficient (Wildman–Crippen LogP) is 13.9. The Morgan fingerprint density at radius 3 is 1.38 bits per heavy atom. The molecule has 58 heavy (non-hydrogen) atoms. The third-order valence-electron chi connectivity index (χ3n) is 10.5. The van der Waals surface area contributed by atoms with Crippen LogP contribution < -0.4 is 0 Å². The second-order valence-corrected chi connectivity index (χ2v) is 16.1. The monoisotopic (exact) mass is 777 g/mol. The zero-order chi connectivity index (χ0) is 38.4. The summed E-state index contributed by atoms with van der Waals surface area (Å²) in [6.45, 7) is 0. The van der Waals surface area contributed by atoms with Crippen LogP contribution in [0.2, 0.25) is 0 Å². The Morgan fingerprint density at radius 2 is 0.793 bits per heavy atom. The molecule has 272 valence electrons. The lowest BCUT2D eigenvalue weighted by atomic mass is 9.93. The maximum absolute atomic E-state index is 5.04. The SMILES string of the molecule is c1ccc(-c2nc(-c3ccccc3)nc(-c3cccc(-c4cc5c(-c6ccccc6)c6sc(-c7cccc8nccnc78)cc6c(-c6ccccc6)c5s4)c3)n2)cc1. The van der Waals surface area contributed by atoms with E-state index in [0.29, 0.717) is 17.5 Å². The maximum atomic E-state index is 5.04. The van der Waals surface area contributed by atoms with E-state index in [2.05, 4.69) is 114 Å². The molecule has 0 aliphatic heterocycles. The molecule has 0 saturated heterocycles. The standard InChI is InChI=1S/C51H31N5S2/c1-5-15-32(16-6-1)44-39-30-42(36-23-13-24-37(29-36)51-55-49(34-19-9-3-10-20-34)54-50(56-51)35-21-11-4-12-22-35)57-47(39)45(33-17-7-2-8-18-33)40-31-43(58-48(40)44)38-25-14-26-41-46(38)53-28-27-52-41/h1-31H. The highest BCUT2D eigenvalue weighted by molar-refractivity contribution is 7.25. The summed E-state index contributed by atoms with van der Waals surface area (Å²) in [5.41, 5.74) is 11.7. The number of rotatable bonds is 7. The second kappa shape index (κ2) is 14.4. The number of hydrogen-bond acceptors (Lipinski definition) is 7. The molecule has 0 amide bonds. The topological polar surface area (TPSA) is 64.5 Å². The quantitative estimate of drug-likeness (QED) is 0.161. The largest absolute Gasteiger partial charge is 0.253 e. The van der Waals surface area contributed by atoms with Crippen LogP contribution in [0, 0.1) is 0 Å². The van der Waals surface area contributed by atoms with Gasteiger partial charge in [-0.25, -0.2) is 15.0 Å². The lowest BCUT2D eigenvalue weighted by Crippen LogP contribution is -2.00. The molecule has 0 fully saturated rings. The molecule has 0 aliphatic rings. The lowest BCUT2D eigenvalue weighted by Gasteiger charge is -2.12. The van der Waals surface area contributed by atoms with Gasteiger partial charge in [-0.3, -0.25) is 9.97 Å². The van der Waals surface area contributed by atoms with Gasteiger partial charge in [0.2, 0.25) is 0 Å². The van der Waals surface area contributed by atoms with Gasteiger partial charge in [-0.1, -0.05) is 152 Å². The molecule has 0 bridgehead atoms. The maximum Gasteiger partial charge on any atom is 0.164 e. The van der Waals surface area contributed by atoms with Crippen molar-refractivity contribution in [1.82, 2.24) is 24.9 Å². The number of nitrogens with zero attached hydrogens (tertiary/aromatic N) is 5. The minimum Gasteiger partial charge on any atom is -0.253 e. The summed E-state index contributed by atoms with van der Waals surface area (Å²) in [6, 6.07) is 61.5. The number of para-hydroxylation sites is 1. The van der Waals surface area contributed by atoms with E-state index in [0.717, 1.165) is 38.9 Å². The van der Waals surface area contributed by atoms with Crippen molar-refractivity contribution in [3.63, 3.8) is 0 Å². The van der Waals surface area contributed by atoms with Crippen LogP contribution in [0.3, 0.4) is 0 Å². The number of aromatic nitrogens is 5. The van der Waals surface area contributed by atoms with E-state index in [4.69, 9.17) is 19.9 Å². The van der Waals surface area contributed by atoms with Gasteiger partial charge in [0.05, 0.1) is 11.0 Å². The highest BCUT2D eigenvalue weighted by atomic mass is 32.1. The van der Waals surface area contributed by atoms with Gasteiger partial charge in [-0.15, -0.1) is 22.7 Å². The molecule has 4 heterocycles. The fourth-order valence-electron chi connectivity index (χ4n) is 7.77. The average Bonchev–Trinajstić information content (AvgIpc) is 3.94. The lowest BCUT2D eigenvalue weighted by molar-refractivity contribution is 1.07. The van der Waals surface area contributed by atoms with Crippen molar-refractivity contribution in [1.29, 1.82) is 0 Å². The minimum atomic E-state index is 0.636. The molecule has 5 nitrogen and oxygen atoms in total. The van der Waals surface area contributed by atoms with Crippen molar-refractivity contribution >= 4 is 53.9 Å². The van der Waals surface area contributed by atoms with Crippen molar-refractivity contribution in [3.8, 4) is 77.3 Å². The predicted molar refractivity (Wildman–Crippen MR) is 242 cm³/mol. The summed E-state index contributed by atoms with van der Waals surface area (Å²) in [5.74, 6) is 1.93. The smallest absolute Gasteiger partial charge is 0.164 e. The highest BCUT2D eigenvalue weighted by Crippen LogP contribution is 2.52. The molecule has 0 atom stereocenters. The van der Waals surface area contributed by atoms with Gasteiger partial charge in [0.15, 0.2) is 17.5 Å². The number of fused-ring (bicyclic) bond motifs is 3. The summed E-state index contributed by atoms with van der Waals surface area (Å²) in [7, 11) is 0. The van der Waals surface area contributed by atoms with Gasteiger partial charge in [0.25, 0.3) is 0 Å². The van der Waals surface area contributed by atoms with Gasteiger partial charge in [-0.05, 0) is 41.0 Å². The normalized spacial score (nSPS) is 11.4. The van der Waals surface area contributed by atoms with Crippen LogP contribution in [0.5, 0.6) is 0 Å². The van der Waals surface area contributed by atoms with Crippen LogP contribution in [0.4, 0.5) is 0 Å². The molecule has 0 aliphatic carbocycles. The van der Waals surface area contributed by atoms with E-state index >= 15 is 0 Å². The van der Waals surface area contributed by atoms with Crippen LogP contribution in [-0.4, -0.2) is 24.9 Å². The second-order valence-electron chi connectivity index (χ2n) is 14.0. The van der Waals surface area contributed by atoms with E-state index < -0.39 is 0 Å². The van der Waals surface area contributed by atoms with Crippen molar-refractivity contribution < 1.29 is 0 Å². The molecule has 0 N–H and O–H groups in total. The summed E-state index contributed by atoms with van der Waals surface area (Å²) < 4.78 is 2.50. The Labute approximate surface area is 342 Å². The van der Waals surface area contributed by atoms with Crippen molar-refractivity contribution in [2.45, 2.75) is 0 Å². The van der Waals surface area contributed by atoms with Crippen LogP contribution >= 0.6 is 22.7 Å². The number of thiophene rings is 2. The molecule has 7 heteroatoms. The van der Waals surface area contributed by atoms with Crippen LogP contribution in [-0.2, 0) is 0 Å². The Morgan fingerprint density at radius 1 is 0.345 bits per heavy atom. The van der Waals surface area contributed by atoms with E-state index in [-0.39, 0.29) is 0 Å². The molecule has 4 aromatic heterocycles. The molecule has 0 saturated carbocycles. The van der Waals surface area contributed by atoms with E-state index in [1.54, 1.807) is 12.4 Å². The zero-order valence-electron chi connectivity index (χ0n) is 31.0. The Kier molecular flexibility index (Phi) is 8.46. The minimum absolute atomic E-state index is 0.636. The van der Waals surface area contributed by atoms with Gasteiger partial charge in [-0.2, -0.15) is 0 Å². The third kappa shape index (κ3) is 6.05. The summed E-state index contributed by atoms with van der Waals surface area (Å²) in [5, 5.41) is 2.46. The van der Waals surface area contributed by atoms with Crippen molar-refractivity contribution in [2.24, 2.45) is 0 Å². The van der Waals surface area contributed by atoms with Crippen LogP contribution in [0.15, 0.2) is 188 Å². The third-order valence-corrected chi connectivity index (χ3v) is 12.8. The van der Waals surface area contributed by atoms with Gasteiger partial charge in [0, 0.05) is 75.7 Å². The van der Waals surface area contributed by atoms with E-state index in [9.17, 15) is 0 Å². The van der Waals surface area contributed by atoms with Crippen LogP contribution in [0.1, 0.15) is 0 Å². The Hall–Kier alpha value is -7.19. The zero-order valence-corrected chi connectivity index (χ0v) is 32.6. The van der Waals surface area contributed by atoms with Gasteiger partial charge >= 0.3 is 0 Å². The van der Waals surface area contributed by atoms with Crippen molar-refractivity contribution in [2.75, 3.05) is 0 Å². The number of hydrogen-bond donors (Lipinski definition) is 0. The fraction of sp³-hybridized carbons (Fsp3) is 0. The first kappa shape index (κ1) is 34.1. The van der Waals surface area contributed by atoms with Gasteiger partial charge in [0.1, 0.15) is 0 Å². The first-order chi connectivity index (χ1) is 28.7. The number of benzene rings is 7. The van der Waals surface area contributed by atoms with Crippen molar-refractivity contribution in [3.05, 3.63) is 188 Å². The van der Waals surface area contributed by atoms with E-state index in [1.165, 1.54) is 52.2 Å². The summed E-state index contributed by atoms with van der Waals surface area (Å²) >= 11 is 3.66. The highest BCUT2D eigenvalue weighted by Gasteiger charge is 2.23. The molecule has 7 aromatic carbocycles. The van der Waals surface area contributed by atoms with Crippen LogP contribution in [0.25, 0.3) is 109 Å². The molecule has 0 unspecified atom stereocenters. The Bertz CT molecular complexity index is 3110. The molecule has 11 rings (SSSR count). The van der Waals surface area contributed by atoms with Gasteiger partial charge < -0.3 is 0 Å². The van der Waals surface area contributed by atoms with E-state index in [1.807, 2.05) is 89.4 Å². The average molecular weight is 778 g/mol. The molecule has 11 aromatic rings. The summed E-state index contributed by atoms with van der Waals surface area (Å²) in [6.07, 6.45) is 3.54. The first-order valence-electron chi connectivity index (χ1n) is 19.1.